The van der Waals surface area contributed by atoms with Crippen LogP contribution in [0.15, 0.2) is 108 Å². The molecule has 1 aliphatic rings. The summed E-state index contributed by atoms with van der Waals surface area (Å²) in [5.41, 5.74) is 3.90. The highest BCUT2D eigenvalue weighted by atomic mass is 32.2. The van der Waals surface area contributed by atoms with E-state index in [1.54, 1.807) is 48.2 Å². The Labute approximate surface area is 260 Å². The van der Waals surface area contributed by atoms with E-state index in [0.29, 0.717) is 19.6 Å². The fourth-order valence-electron chi connectivity index (χ4n) is 5.46. The molecule has 1 amide bonds. The Balaban J connectivity index is 1.42. The number of carbonyl (C=O) groups excluding carboxylic acids is 1. The number of carbonyl (C=O) groups is 1. The number of rotatable bonds is 10. The molecule has 0 saturated heterocycles. The summed E-state index contributed by atoms with van der Waals surface area (Å²) < 4.78 is 35.8. The molecule has 3 atom stereocenters. The number of para-hydroxylation sites is 1. The first-order chi connectivity index (χ1) is 21.2. The first-order valence-corrected chi connectivity index (χ1v) is 16.3. The number of benzene rings is 4. The van der Waals surface area contributed by atoms with E-state index in [-0.39, 0.29) is 46.4 Å². The van der Waals surface area contributed by atoms with Crippen LogP contribution in [0.5, 0.6) is 5.75 Å². The molecule has 0 bridgehead atoms. The molecule has 0 aliphatic carbocycles. The molecule has 5 rings (SSSR count). The lowest BCUT2D eigenvalue weighted by molar-refractivity contribution is 0.0344. The lowest BCUT2D eigenvalue weighted by Gasteiger charge is -2.38. The summed E-state index contributed by atoms with van der Waals surface area (Å²) in [6.07, 6.45) is -0.383. The Morgan fingerprint density at radius 1 is 0.932 bits per heavy atom. The van der Waals surface area contributed by atoms with E-state index < -0.39 is 16.1 Å². The fourth-order valence-corrected chi connectivity index (χ4v) is 6.55. The van der Waals surface area contributed by atoms with Gasteiger partial charge in [-0.2, -0.15) is 0 Å². The average Bonchev–Trinajstić information content (AvgIpc) is 3.03. The van der Waals surface area contributed by atoms with Gasteiger partial charge in [-0.1, -0.05) is 85.8 Å². The van der Waals surface area contributed by atoms with Crippen LogP contribution in [0.3, 0.4) is 0 Å². The number of nitrogens with one attached hydrogen (secondary N) is 1. The van der Waals surface area contributed by atoms with E-state index in [1.165, 1.54) is 12.1 Å². The molecule has 9 heteroatoms. The standard InChI is InChI=1S/C35H39N3O5S/c1-25-21-38(26(2)24-39)35(40)31-15-10-16-32(36-44(41,42)30-13-8-5-9-14-30)34(31)43-33(25)23-37(3)22-27-17-19-29(20-18-27)28-11-6-4-7-12-28/h4-20,25-26,33,36,39H,21-24H2,1-3H3/t25-,26+,33-/m0/s1. The highest BCUT2D eigenvalue weighted by molar-refractivity contribution is 7.92. The zero-order chi connectivity index (χ0) is 31.3. The molecule has 0 aromatic heterocycles. The van der Waals surface area contributed by atoms with Crippen LogP contribution in [-0.2, 0) is 16.6 Å². The van der Waals surface area contributed by atoms with Crippen LogP contribution in [0.1, 0.15) is 29.8 Å². The number of aliphatic hydroxyl groups excluding tert-OH is 1. The average molecular weight is 614 g/mol. The topological polar surface area (TPSA) is 99.2 Å². The molecule has 0 radical (unpaired) electrons. The Bertz CT molecular complexity index is 1660. The van der Waals surface area contributed by atoms with Crippen LogP contribution < -0.4 is 9.46 Å². The zero-order valence-electron chi connectivity index (χ0n) is 25.3. The van der Waals surface area contributed by atoms with Gasteiger partial charge in [0, 0.05) is 25.6 Å². The molecule has 0 spiro atoms. The lowest BCUT2D eigenvalue weighted by atomic mass is 9.98. The molecule has 8 nitrogen and oxygen atoms in total. The fraction of sp³-hybridized carbons (Fsp3) is 0.286. The number of aliphatic hydroxyl groups is 1. The van der Waals surface area contributed by atoms with E-state index in [0.717, 1.165) is 16.7 Å². The monoisotopic (exact) mass is 613 g/mol. The maximum Gasteiger partial charge on any atom is 0.262 e. The molecule has 0 fully saturated rings. The Hall–Kier alpha value is -4.18. The molecule has 2 N–H and O–H groups in total. The van der Waals surface area contributed by atoms with E-state index in [4.69, 9.17) is 4.74 Å². The molecule has 230 valence electrons. The molecule has 4 aromatic rings. The highest BCUT2D eigenvalue weighted by Gasteiger charge is 2.35. The minimum absolute atomic E-state index is 0.105. The van der Waals surface area contributed by atoms with Crippen molar-refractivity contribution in [2.24, 2.45) is 5.92 Å². The summed E-state index contributed by atoms with van der Waals surface area (Å²) in [4.78, 5) is 17.7. The van der Waals surface area contributed by atoms with Crippen LogP contribution in [-0.4, -0.2) is 68.1 Å². The van der Waals surface area contributed by atoms with Crippen LogP contribution >= 0.6 is 0 Å². The smallest absolute Gasteiger partial charge is 0.262 e. The number of amides is 1. The van der Waals surface area contributed by atoms with Gasteiger partial charge >= 0.3 is 0 Å². The first kappa shape index (κ1) is 31.3. The van der Waals surface area contributed by atoms with Crippen molar-refractivity contribution < 1.29 is 23.1 Å². The predicted molar refractivity (Wildman–Crippen MR) is 173 cm³/mol. The summed E-state index contributed by atoms with van der Waals surface area (Å²) in [5.74, 6) is -0.258. The van der Waals surface area contributed by atoms with Gasteiger partial charge in [0.2, 0.25) is 0 Å². The van der Waals surface area contributed by atoms with Crippen molar-refractivity contribution in [1.82, 2.24) is 9.80 Å². The summed E-state index contributed by atoms with van der Waals surface area (Å²) in [7, 11) is -1.93. The first-order valence-electron chi connectivity index (χ1n) is 14.8. The SMILES string of the molecule is C[C@H](CO)N1C[C@H](C)[C@H](CN(C)Cc2ccc(-c3ccccc3)cc2)Oc2c(NS(=O)(=O)c3ccccc3)cccc2C1=O. The third-order valence-electron chi connectivity index (χ3n) is 7.99. The van der Waals surface area contributed by atoms with Gasteiger partial charge in [-0.25, -0.2) is 8.42 Å². The largest absolute Gasteiger partial charge is 0.486 e. The Morgan fingerprint density at radius 2 is 1.57 bits per heavy atom. The maximum absolute atomic E-state index is 13.8. The van der Waals surface area contributed by atoms with Gasteiger partial charge in [0.25, 0.3) is 15.9 Å². The van der Waals surface area contributed by atoms with Crippen molar-refractivity contribution in [3.8, 4) is 16.9 Å². The molecule has 1 aliphatic heterocycles. The van der Waals surface area contributed by atoms with Crippen molar-refractivity contribution in [1.29, 1.82) is 0 Å². The van der Waals surface area contributed by atoms with Crippen molar-refractivity contribution in [3.05, 3.63) is 114 Å². The predicted octanol–water partition coefficient (Wildman–Crippen LogP) is 5.51. The minimum Gasteiger partial charge on any atom is -0.486 e. The Morgan fingerprint density at radius 3 is 2.23 bits per heavy atom. The van der Waals surface area contributed by atoms with Crippen molar-refractivity contribution in [2.75, 3.05) is 31.5 Å². The van der Waals surface area contributed by atoms with E-state index in [9.17, 15) is 18.3 Å². The van der Waals surface area contributed by atoms with E-state index in [1.807, 2.05) is 32.2 Å². The van der Waals surface area contributed by atoms with Gasteiger partial charge in [0.05, 0.1) is 28.8 Å². The van der Waals surface area contributed by atoms with Crippen LogP contribution in [0.4, 0.5) is 5.69 Å². The lowest BCUT2D eigenvalue weighted by Crippen LogP contribution is -2.49. The quantitative estimate of drug-likeness (QED) is 0.245. The second-order valence-electron chi connectivity index (χ2n) is 11.5. The molecule has 0 unspecified atom stereocenters. The molecule has 1 heterocycles. The number of sulfonamides is 1. The van der Waals surface area contributed by atoms with Crippen molar-refractivity contribution in [2.45, 2.75) is 37.4 Å². The van der Waals surface area contributed by atoms with Gasteiger partial charge in [0.15, 0.2) is 5.75 Å². The van der Waals surface area contributed by atoms with Crippen LogP contribution in [0.25, 0.3) is 11.1 Å². The number of fused-ring (bicyclic) bond motifs is 1. The van der Waals surface area contributed by atoms with Crippen LogP contribution in [0.2, 0.25) is 0 Å². The molecule has 44 heavy (non-hydrogen) atoms. The number of hydrogen-bond donors (Lipinski definition) is 2. The molecular formula is C35H39N3O5S. The minimum atomic E-state index is -3.94. The number of hydrogen-bond acceptors (Lipinski definition) is 6. The van der Waals surface area contributed by atoms with Gasteiger partial charge in [-0.15, -0.1) is 0 Å². The summed E-state index contributed by atoms with van der Waals surface area (Å²) >= 11 is 0. The third-order valence-corrected chi connectivity index (χ3v) is 9.38. The van der Waals surface area contributed by atoms with Gasteiger partial charge < -0.3 is 14.7 Å². The second kappa shape index (κ2) is 13.6. The van der Waals surface area contributed by atoms with Crippen molar-refractivity contribution in [3.63, 3.8) is 0 Å². The summed E-state index contributed by atoms with van der Waals surface area (Å²) in [6, 6.07) is 31.2. The summed E-state index contributed by atoms with van der Waals surface area (Å²) in [5, 5.41) is 9.98. The number of anilines is 1. The van der Waals surface area contributed by atoms with Gasteiger partial charge in [0.1, 0.15) is 6.10 Å². The maximum atomic E-state index is 13.8. The third kappa shape index (κ3) is 7.13. The number of nitrogens with zero attached hydrogens (tertiary/aromatic N) is 2. The molecular weight excluding hydrogens is 574 g/mol. The van der Waals surface area contributed by atoms with Crippen molar-refractivity contribution >= 4 is 21.6 Å². The highest BCUT2D eigenvalue weighted by Crippen LogP contribution is 2.36. The van der Waals surface area contributed by atoms with Gasteiger partial charge in [-0.05, 0) is 54.9 Å². The molecule has 4 aromatic carbocycles. The van der Waals surface area contributed by atoms with Crippen LogP contribution in [0, 0.1) is 5.92 Å². The van der Waals surface area contributed by atoms with Gasteiger partial charge in [-0.3, -0.25) is 14.4 Å². The number of likely N-dealkylation sites (N-methyl/N-ethyl adjacent to an activating group) is 1. The zero-order valence-corrected chi connectivity index (χ0v) is 26.1. The Kier molecular flexibility index (Phi) is 9.68. The second-order valence-corrected chi connectivity index (χ2v) is 13.2. The normalized spacial score (nSPS) is 17.8. The molecule has 0 saturated carbocycles. The number of ether oxygens (including phenoxy) is 1. The summed E-state index contributed by atoms with van der Waals surface area (Å²) in [6.45, 7) is 5.19. The van der Waals surface area contributed by atoms with E-state index in [2.05, 4.69) is 46.0 Å². The van der Waals surface area contributed by atoms with E-state index >= 15 is 0 Å².